The maximum atomic E-state index is 11.6. The van der Waals surface area contributed by atoms with Gasteiger partial charge in [-0.2, -0.15) is 5.10 Å². The summed E-state index contributed by atoms with van der Waals surface area (Å²) >= 11 is 0. The molecule has 0 aliphatic heterocycles. The third-order valence-electron chi connectivity index (χ3n) is 3.90. The molecule has 0 atom stereocenters. The largest absolute Gasteiger partial charge is 0.481 e. The molecule has 1 amide bonds. The number of anilines is 1. The summed E-state index contributed by atoms with van der Waals surface area (Å²) in [5, 5.41) is 16.6. The van der Waals surface area contributed by atoms with E-state index in [2.05, 4.69) is 10.4 Å². The van der Waals surface area contributed by atoms with E-state index in [0.717, 1.165) is 25.7 Å². The van der Waals surface area contributed by atoms with Gasteiger partial charge in [0.2, 0.25) is 0 Å². The zero-order chi connectivity index (χ0) is 14.9. The van der Waals surface area contributed by atoms with Crippen LogP contribution in [0.3, 0.4) is 0 Å². The average molecular weight is 280 g/mol. The molecular formula is C13H20N4O3. The highest BCUT2D eigenvalue weighted by Crippen LogP contribution is 2.37. The fourth-order valence-electron chi connectivity index (χ4n) is 3.03. The second-order valence-corrected chi connectivity index (χ2v) is 5.48. The molecule has 2 rings (SSSR count). The molecule has 7 nitrogen and oxygen atoms in total. The van der Waals surface area contributed by atoms with Crippen molar-refractivity contribution in [3.63, 3.8) is 0 Å². The number of carboxylic acid groups (broad SMARTS) is 1. The highest BCUT2D eigenvalue weighted by atomic mass is 16.4. The Bertz CT molecular complexity index is 544. The Morgan fingerprint density at radius 3 is 2.55 bits per heavy atom. The van der Waals surface area contributed by atoms with Crippen molar-refractivity contribution in [2.24, 2.45) is 12.8 Å². The zero-order valence-electron chi connectivity index (χ0n) is 11.8. The number of nitrogens with zero attached hydrogens (tertiary/aromatic N) is 2. The molecule has 0 unspecified atom stereocenters. The van der Waals surface area contributed by atoms with Crippen LogP contribution in [0, 0.1) is 6.92 Å². The quantitative estimate of drug-likeness (QED) is 0.746. The number of carbonyl (C=O) groups excluding carboxylic acids is 1. The van der Waals surface area contributed by atoms with Crippen LogP contribution in [0.4, 0.5) is 5.82 Å². The number of aryl methyl sites for hydroxylation is 2. The number of nitrogens with two attached hydrogens (primary N) is 1. The van der Waals surface area contributed by atoms with Crippen LogP contribution in [0.2, 0.25) is 0 Å². The molecule has 20 heavy (non-hydrogen) atoms. The smallest absolute Gasteiger partial charge is 0.305 e. The van der Waals surface area contributed by atoms with Gasteiger partial charge in [-0.3, -0.25) is 14.3 Å². The maximum Gasteiger partial charge on any atom is 0.305 e. The van der Waals surface area contributed by atoms with Crippen molar-refractivity contribution in [1.82, 2.24) is 9.78 Å². The van der Waals surface area contributed by atoms with Crippen LogP contribution in [0.15, 0.2) is 0 Å². The third kappa shape index (κ3) is 2.61. The highest BCUT2D eigenvalue weighted by Gasteiger charge is 2.37. The van der Waals surface area contributed by atoms with Gasteiger partial charge in [0.1, 0.15) is 11.4 Å². The van der Waals surface area contributed by atoms with E-state index < -0.39 is 17.4 Å². The van der Waals surface area contributed by atoms with E-state index in [1.807, 2.05) is 0 Å². The molecule has 1 aliphatic carbocycles. The van der Waals surface area contributed by atoms with E-state index in [0.29, 0.717) is 17.1 Å². The molecule has 4 N–H and O–H groups in total. The van der Waals surface area contributed by atoms with E-state index in [-0.39, 0.29) is 6.42 Å². The van der Waals surface area contributed by atoms with Crippen molar-refractivity contribution in [2.75, 3.05) is 5.32 Å². The van der Waals surface area contributed by atoms with Gasteiger partial charge in [0.05, 0.1) is 12.1 Å². The first kappa shape index (κ1) is 14.4. The first-order valence-electron chi connectivity index (χ1n) is 6.68. The summed E-state index contributed by atoms with van der Waals surface area (Å²) in [6, 6.07) is 0. The Morgan fingerprint density at radius 2 is 2.05 bits per heavy atom. The molecule has 7 heteroatoms. The van der Waals surface area contributed by atoms with Gasteiger partial charge < -0.3 is 16.2 Å². The van der Waals surface area contributed by atoms with E-state index in [9.17, 15) is 9.59 Å². The minimum absolute atomic E-state index is 0.0232. The average Bonchev–Trinajstić information content (AvgIpc) is 2.84. The number of aliphatic carboxylic acids is 1. The molecule has 1 aliphatic rings. The van der Waals surface area contributed by atoms with Gasteiger partial charge in [-0.05, 0) is 19.8 Å². The second kappa shape index (κ2) is 5.15. The maximum absolute atomic E-state index is 11.6. The zero-order valence-corrected chi connectivity index (χ0v) is 11.8. The molecule has 1 saturated carbocycles. The number of primary amides is 1. The molecule has 1 heterocycles. The molecule has 0 aromatic carbocycles. The number of carbonyl (C=O) groups is 2. The Kier molecular flexibility index (Phi) is 3.69. The molecule has 1 aromatic heterocycles. The lowest BCUT2D eigenvalue weighted by Crippen LogP contribution is -2.39. The van der Waals surface area contributed by atoms with Crippen LogP contribution in [0.25, 0.3) is 0 Å². The van der Waals surface area contributed by atoms with Gasteiger partial charge in [0, 0.05) is 12.6 Å². The number of carboxylic acids is 1. The number of nitrogens with one attached hydrogen (secondary N) is 1. The van der Waals surface area contributed by atoms with Crippen LogP contribution in [0.5, 0.6) is 0 Å². The number of rotatable bonds is 5. The van der Waals surface area contributed by atoms with Crippen LogP contribution in [0.1, 0.15) is 48.2 Å². The summed E-state index contributed by atoms with van der Waals surface area (Å²) in [4.78, 5) is 22.7. The normalized spacial score (nSPS) is 17.1. The fraction of sp³-hybridized carbons (Fsp3) is 0.615. The van der Waals surface area contributed by atoms with Crippen LogP contribution >= 0.6 is 0 Å². The lowest BCUT2D eigenvalue weighted by molar-refractivity contribution is -0.138. The molecule has 1 fully saturated rings. The predicted molar refractivity (Wildman–Crippen MR) is 73.5 cm³/mol. The number of aromatic nitrogens is 2. The van der Waals surface area contributed by atoms with Gasteiger partial charge in [-0.25, -0.2) is 0 Å². The molecule has 0 bridgehead atoms. The van der Waals surface area contributed by atoms with Gasteiger partial charge >= 0.3 is 5.97 Å². The summed E-state index contributed by atoms with van der Waals surface area (Å²) in [7, 11) is 1.71. The molecular weight excluding hydrogens is 260 g/mol. The third-order valence-corrected chi connectivity index (χ3v) is 3.90. The molecule has 0 radical (unpaired) electrons. The van der Waals surface area contributed by atoms with E-state index >= 15 is 0 Å². The lowest BCUT2D eigenvalue weighted by Gasteiger charge is -2.30. The predicted octanol–water partition coefficient (Wildman–Crippen LogP) is 1.03. The highest BCUT2D eigenvalue weighted by molar-refractivity contribution is 5.99. The monoisotopic (exact) mass is 280 g/mol. The number of hydrogen-bond acceptors (Lipinski definition) is 4. The molecule has 1 aromatic rings. The fourth-order valence-corrected chi connectivity index (χ4v) is 3.03. The Hall–Kier alpha value is -2.05. The van der Waals surface area contributed by atoms with Gasteiger partial charge in [-0.1, -0.05) is 12.8 Å². The summed E-state index contributed by atoms with van der Waals surface area (Å²) in [5.74, 6) is -0.890. The molecule has 110 valence electrons. The topological polar surface area (TPSA) is 110 Å². The second-order valence-electron chi connectivity index (χ2n) is 5.48. The van der Waals surface area contributed by atoms with Crippen LogP contribution in [-0.2, 0) is 11.8 Å². The first-order valence-corrected chi connectivity index (χ1v) is 6.68. The number of hydrogen-bond donors (Lipinski definition) is 3. The minimum Gasteiger partial charge on any atom is -0.481 e. The lowest BCUT2D eigenvalue weighted by atomic mass is 9.93. The standard InChI is InChI=1S/C13H20N4O3/c1-8-10(11(14)20)12(17(2)16-8)15-13(7-9(18)19)5-3-4-6-13/h15H,3-7H2,1-2H3,(H2,14,20)(H,18,19). The summed E-state index contributed by atoms with van der Waals surface area (Å²) < 4.78 is 1.55. The van der Waals surface area contributed by atoms with Crippen molar-refractivity contribution < 1.29 is 14.7 Å². The van der Waals surface area contributed by atoms with E-state index in [1.54, 1.807) is 18.7 Å². The van der Waals surface area contributed by atoms with Crippen molar-refractivity contribution in [1.29, 1.82) is 0 Å². The summed E-state index contributed by atoms with van der Waals surface area (Å²) in [6.45, 7) is 1.71. The number of amides is 1. The van der Waals surface area contributed by atoms with Crippen LogP contribution < -0.4 is 11.1 Å². The summed E-state index contributed by atoms with van der Waals surface area (Å²) in [5.41, 5.74) is 5.77. The van der Waals surface area contributed by atoms with Crippen molar-refractivity contribution >= 4 is 17.7 Å². The van der Waals surface area contributed by atoms with Crippen molar-refractivity contribution in [3.05, 3.63) is 11.3 Å². The van der Waals surface area contributed by atoms with Gasteiger partial charge in [0.15, 0.2) is 0 Å². The van der Waals surface area contributed by atoms with Crippen molar-refractivity contribution in [2.45, 2.75) is 44.6 Å². The molecule has 0 spiro atoms. The SMILES string of the molecule is Cc1nn(C)c(NC2(CC(=O)O)CCCC2)c1C(N)=O. The van der Waals surface area contributed by atoms with Crippen molar-refractivity contribution in [3.8, 4) is 0 Å². The minimum atomic E-state index is -0.848. The van der Waals surface area contributed by atoms with E-state index in [1.165, 1.54) is 0 Å². The Labute approximate surface area is 117 Å². The Morgan fingerprint density at radius 1 is 1.45 bits per heavy atom. The molecule has 0 saturated heterocycles. The van der Waals surface area contributed by atoms with Crippen LogP contribution in [-0.4, -0.2) is 32.3 Å². The Balaban J connectivity index is 2.36. The van der Waals surface area contributed by atoms with Gasteiger partial charge in [0.25, 0.3) is 5.91 Å². The summed E-state index contributed by atoms with van der Waals surface area (Å²) in [6.07, 6.45) is 3.50. The first-order chi connectivity index (χ1) is 9.34. The van der Waals surface area contributed by atoms with Gasteiger partial charge in [-0.15, -0.1) is 0 Å². The van der Waals surface area contributed by atoms with E-state index in [4.69, 9.17) is 10.8 Å².